The Morgan fingerprint density at radius 3 is 2.79 bits per heavy atom. The lowest BCUT2D eigenvalue weighted by molar-refractivity contribution is 0.0952. The highest BCUT2D eigenvalue weighted by molar-refractivity contribution is 5.98. The maximum Gasteiger partial charge on any atom is 0.164 e. The summed E-state index contributed by atoms with van der Waals surface area (Å²) in [6.07, 6.45) is 3.38. The highest BCUT2D eigenvalue weighted by Crippen LogP contribution is 2.22. The van der Waals surface area contributed by atoms with Crippen LogP contribution in [0.3, 0.4) is 0 Å². The minimum atomic E-state index is 0.247. The summed E-state index contributed by atoms with van der Waals surface area (Å²) in [5.74, 6) is 0.705. The second-order valence-electron chi connectivity index (χ2n) is 3.43. The van der Waals surface area contributed by atoms with E-state index in [9.17, 15) is 4.79 Å². The monoisotopic (exact) mass is 191 g/mol. The van der Waals surface area contributed by atoms with Gasteiger partial charge in [-0.25, -0.2) is 0 Å². The summed E-state index contributed by atoms with van der Waals surface area (Å²) in [5, 5.41) is 0. The first-order valence-corrected chi connectivity index (χ1v) is 5.24. The molecule has 2 heteroatoms. The molecule has 1 aliphatic rings. The number of fused-ring (bicyclic) bond motifs is 1. The smallest absolute Gasteiger partial charge is 0.164 e. The predicted molar refractivity (Wildman–Crippen MR) is 57.4 cm³/mol. The Bertz CT molecular complexity index is 320. The Morgan fingerprint density at radius 1 is 1.36 bits per heavy atom. The van der Waals surface area contributed by atoms with Crippen LogP contribution in [0.25, 0.3) is 0 Å². The molecular weight excluding hydrogens is 174 g/mol. The molecule has 2 rings (SSSR count). The van der Waals surface area contributed by atoms with Crippen molar-refractivity contribution in [3.05, 3.63) is 29.6 Å². The number of carbonyl (C=O) groups excluding carboxylic acids is 1. The average Bonchev–Trinajstić information content (AvgIpc) is 2.20. The van der Waals surface area contributed by atoms with E-state index in [0.29, 0.717) is 12.3 Å². The van der Waals surface area contributed by atoms with E-state index in [1.807, 2.05) is 26.0 Å². The molecule has 1 aromatic heterocycles. The molecule has 1 heterocycles. The van der Waals surface area contributed by atoms with Crippen molar-refractivity contribution in [2.75, 3.05) is 0 Å². The second kappa shape index (κ2) is 4.89. The first kappa shape index (κ1) is 10.9. The molecule has 0 bridgehead atoms. The van der Waals surface area contributed by atoms with Crippen LogP contribution in [0.4, 0.5) is 0 Å². The molecule has 0 spiro atoms. The number of hydrogen-bond donors (Lipinski definition) is 0. The summed E-state index contributed by atoms with van der Waals surface area (Å²) < 4.78 is 0. The van der Waals surface area contributed by atoms with Gasteiger partial charge in [-0.05, 0) is 24.5 Å². The molecule has 1 atom stereocenters. The summed E-state index contributed by atoms with van der Waals surface area (Å²) in [5.41, 5.74) is 1.80. The zero-order valence-corrected chi connectivity index (χ0v) is 9.08. The van der Waals surface area contributed by atoms with E-state index < -0.39 is 0 Å². The zero-order valence-electron chi connectivity index (χ0n) is 9.08. The third-order valence-corrected chi connectivity index (χ3v) is 2.27. The molecule has 0 amide bonds. The number of rotatable bonds is 0. The number of nitrogens with zero attached hydrogens (tertiary/aromatic N) is 1. The Balaban J connectivity index is 0.000000461. The van der Waals surface area contributed by atoms with Gasteiger partial charge in [0.2, 0.25) is 0 Å². The lowest BCUT2D eigenvalue weighted by atomic mass is 9.87. The maximum atomic E-state index is 11.5. The van der Waals surface area contributed by atoms with Crippen LogP contribution < -0.4 is 0 Å². The average molecular weight is 191 g/mol. The van der Waals surface area contributed by atoms with Crippen molar-refractivity contribution in [2.45, 2.75) is 33.6 Å². The molecule has 14 heavy (non-hydrogen) atoms. The zero-order chi connectivity index (χ0) is 10.6. The first-order chi connectivity index (χ1) is 6.77. The van der Waals surface area contributed by atoms with Gasteiger partial charge in [0.25, 0.3) is 0 Å². The van der Waals surface area contributed by atoms with Gasteiger partial charge in [-0.1, -0.05) is 20.8 Å². The second-order valence-corrected chi connectivity index (χ2v) is 3.43. The largest absolute Gasteiger partial charge is 0.294 e. The summed E-state index contributed by atoms with van der Waals surface area (Å²) in [6.45, 7) is 6.09. The molecule has 76 valence electrons. The van der Waals surface area contributed by atoms with Crippen molar-refractivity contribution < 1.29 is 4.79 Å². The molecule has 0 saturated carbocycles. The summed E-state index contributed by atoms with van der Waals surface area (Å²) >= 11 is 0. The van der Waals surface area contributed by atoms with E-state index in [4.69, 9.17) is 0 Å². The van der Waals surface area contributed by atoms with Crippen molar-refractivity contribution in [1.29, 1.82) is 0 Å². The number of ketones is 1. The topological polar surface area (TPSA) is 30.0 Å². The fourth-order valence-electron chi connectivity index (χ4n) is 1.68. The van der Waals surface area contributed by atoms with Crippen molar-refractivity contribution >= 4 is 5.78 Å². The van der Waals surface area contributed by atoms with E-state index in [1.165, 1.54) is 0 Å². The van der Waals surface area contributed by atoms with Gasteiger partial charge in [-0.3, -0.25) is 9.78 Å². The summed E-state index contributed by atoms with van der Waals surface area (Å²) in [7, 11) is 0. The minimum absolute atomic E-state index is 0.247. The van der Waals surface area contributed by atoms with Crippen LogP contribution in [-0.4, -0.2) is 10.8 Å². The lowest BCUT2D eigenvalue weighted by Gasteiger charge is -2.18. The molecule has 0 aromatic carbocycles. The van der Waals surface area contributed by atoms with Crippen LogP contribution in [0.5, 0.6) is 0 Å². The Kier molecular flexibility index (Phi) is 3.81. The van der Waals surface area contributed by atoms with Gasteiger partial charge in [-0.15, -0.1) is 0 Å². The Labute approximate surface area is 85.4 Å². The van der Waals surface area contributed by atoms with Gasteiger partial charge < -0.3 is 0 Å². The first-order valence-electron chi connectivity index (χ1n) is 5.24. The Morgan fingerprint density at radius 2 is 2.07 bits per heavy atom. The van der Waals surface area contributed by atoms with Gasteiger partial charge in [0.05, 0.1) is 5.69 Å². The van der Waals surface area contributed by atoms with Gasteiger partial charge in [-0.2, -0.15) is 0 Å². The predicted octanol–water partition coefficient (Wildman–Crippen LogP) is 2.87. The van der Waals surface area contributed by atoms with E-state index in [1.54, 1.807) is 6.20 Å². The highest BCUT2D eigenvalue weighted by Gasteiger charge is 2.22. The van der Waals surface area contributed by atoms with Gasteiger partial charge in [0, 0.05) is 18.2 Å². The summed E-state index contributed by atoms with van der Waals surface area (Å²) in [4.78, 5) is 15.7. The minimum Gasteiger partial charge on any atom is -0.294 e. The standard InChI is InChI=1S/C10H11NO.C2H6/c1-7-5-9-8(10(12)6-7)3-2-4-11-9;1-2/h2-4,7H,5-6H2,1H3;1-2H3. The van der Waals surface area contributed by atoms with E-state index >= 15 is 0 Å². The van der Waals surface area contributed by atoms with Crippen LogP contribution in [0.2, 0.25) is 0 Å². The number of pyridine rings is 1. The lowest BCUT2D eigenvalue weighted by Crippen LogP contribution is -2.18. The maximum absolute atomic E-state index is 11.5. The molecule has 0 N–H and O–H groups in total. The van der Waals surface area contributed by atoms with Crippen LogP contribution in [0, 0.1) is 5.92 Å². The number of carbonyl (C=O) groups is 1. The van der Waals surface area contributed by atoms with Crippen molar-refractivity contribution in [3.63, 3.8) is 0 Å². The number of hydrogen-bond acceptors (Lipinski definition) is 2. The molecule has 0 radical (unpaired) electrons. The normalized spacial score (nSPS) is 19.4. The molecule has 1 unspecified atom stereocenters. The van der Waals surface area contributed by atoms with Gasteiger partial charge in [0.1, 0.15) is 0 Å². The fraction of sp³-hybridized carbons (Fsp3) is 0.500. The highest BCUT2D eigenvalue weighted by atomic mass is 16.1. The van der Waals surface area contributed by atoms with E-state index in [2.05, 4.69) is 11.9 Å². The van der Waals surface area contributed by atoms with Crippen LogP contribution in [0.1, 0.15) is 43.2 Å². The molecule has 1 aliphatic carbocycles. The number of Topliss-reactive ketones (excluding diaryl/α,β-unsaturated/α-hetero) is 1. The quantitative estimate of drug-likeness (QED) is 0.631. The molecule has 0 saturated heterocycles. The van der Waals surface area contributed by atoms with Crippen molar-refractivity contribution in [1.82, 2.24) is 4.98 Å². The van der Waals surface area contributed by atoms with Gasteiger partial charge in [0.15, 0.2) is 5.78 Å². The molecule has 0 aliphatic heterocycles. The molecule has 1 aromatic rings. The third kappa shape index (κ3) is 2.19. The van der Waals surface area contributed by atoms with Crippen molar-refractivity contribution in [3.8, 4) is 0 Å². The molecular formula is C12H17NO. The third-order valence-electron chi connectivity index (χ3n) is 2.27. The fourth-order valence-corrected chi connectivity index (χ4v) is 1.68. The molecule has 0 fully saturated rings. The van der Waals surface area contributed by atoms with E-state index in [0.717, 1.165) is 17.7 Å². The van der Waals surface area contributed by atoms with E-state index in [-0.39, 0.29) is 5.78 Å². The van der Waals surface area contributed by atoms with Crippen LogP contribution in [-0.2, 0) is 6.42 Å². The van der Waals surface area contributed by atoms with Crippen molar-refractivity contribution in [2.24, 2.45) is 5.92 Å². The van der Waals surface area contributed by atoms with Crippen LogP contribution in [0.15, 0.2) is 18.3 Å². The van der Waals surface area contributed by atoms with Gasteiger partial charge >= 0.3 is 0 Å². The Hall–Kier alpha value is -1.18. The summed E-state index contributed by atoms with van der Waals surface area (Å²) in [6, 6.07) is 3.70. The van der Waals surface area contributed by atoms with Crippen LogP contribution >= 0.6 is 0 Å². The number of aromatic nitrogens is 1. The SMILES string of the molecule is CC.CC1CC(=O)c2cccnc2C1. The molecule has 2 nitrogen and oxygen atoms in total.